The summed E-state index contributed by atoms with van der Waals surface area (Å²) < 4.78 is 16.9. The zero-order chi connectivity index (χ0) is 29.7. The van der Waals surface area contributed by atoms with E-state index in [2.05, 4.69) is 5.10 Å². The van der Waals surface area contributed by atoms with Crippen LogP contribution in [0.3, 0.4) is 0 Å². The van der Waals surface area contributed by atoms with Crippen LogP contribution < -0.4 is 15.0 Å². The summed E-state index contributed by atoms with van der Waals surface area (Å²) in [5, 5.41) is 16.5. The van der Waals surface area contributed by atoms with E-state index in [0.717, 1.165) is 16.9 Å². The molecule has 0 aliphatic rings. The number of fused-ring (bicyclic) bond motifs is 1. The summed E-state index contributed by atoms with van der Waals surface area (Å²) in [5.74, 6) is 0.449. The van der Waals surface area contributed by atoms with Crippen molar-refractivity contribution in [2.75, 3.05) is 20.3 Å². The van der Waals surface area contributed by atoms with Gasteiger partial charge in [0.05, 0.1) is 35.8 Å². The van der Waals surface area contributed by atoms with E-state index in [1.165, 1.54) is 29.1 Å². The Balaban J connectivity index is 1.83. The number of carbonyl (C=O) groups excluding carboxylic acids is 1. The molecule has 0 aliphatic heterocycles. The van der Waals surface area contributed by atoms with Crippen LogP contribution in [-0.4, -0.2) is 47.1 Å². The minimum atomic E-state index is -0.641. The van der Waals surface area contributed by atoms with E-state index >= 15 is 0 Å². The number of ether oxygens (including phenoxy) is 3. The van der Waals surface area contributed by atoms with Crippen LogP contribution in [0.1, 0.15) is 43.4 Å². The van der Waals surface area contributed by atoms with Gasteiger partial charge in [-0.05, 0) is 67.3 Å². The van der Waals surface area contributed by atoms with Crippen molar-refractivity contribution in [1.82, 2.24) is 9.66 Å². The van der Waals surface area contributed by atoms with Crippen LogP contribution in [0.5, 0.6) is 11.5 Å². The maximum atomic E-state index is 13.6. The molecule has 0 N–H and O–H groups in total. The molecule has 11 heteroatoms. The average Bonchev–Trinajstić information content (AvgIpc) is 2.95. The number of esters is 1. The largest absolute Gasteiger partial charge is 0.496 e. The van der Waals surface area contributed by atoms with Crippen molar-refractivity contribution in [2.24, 2.45) is 5.10 Å². The molecule has 0 bridgehead atoms. The highest BCUT2D eigenvalue weighted by molar-refractivity contribution is 5.83. The fourth-order valence-corrected chi connectivity index (χ4v) is 4.32. The van der Waals surface area contributed by atoms with Crippen molar-refractivity contribution < 1.29 is 23.9 Å². The molecule has 0 saturated heterocycles. The van der Waals surface area contributed by atoms with E-state index in [9.17, 15) is 19.7 Å². The number of benzene rings is 3. The Labute approximate surface area is 236 Å². The Bertz CT molecular complexity index is 1710. The Morgan fingerprint density at radius 2 is 1.90 bits per heavy atom. The maximum Gasteiger partial charge on any atom is 0.344 e. The van der Waals surface area contributed by atoms with Gasteiger partial charge in [0, 0.05) is 17.2 Å². The van der Waals surface area contributed by atoms with Crippen LogP contribution >= 0.6 is 0 Å². The summed E-state index contributed by atoms with van der Waals surface area (Å²) in [6.45, 7) is 7.33. The number of hydrogen-bond donors (Lipinski definition) is 0. The van der Waals surface area contributed by atoms with Gasteiger partial charge in [0.25, 0.3) is 5.56 Å². The molecule has 212 valence electrons. The lowest BCUT2D eigenvalue weighted by atomic mass is 9.96. The molecule has 1 aromatic heterocycles. The molecule has 41 heavy (non-hydrogen) atoms. The third-order valence-electron chi connectivity index (χ3n) is 6.35. The molecule has 1 heterocycles. The summed E-state index contributed by atoms with van der Waals surface area (Å²) in [6, 6.07) is 15.0. The first-order valence-electron chi connectivity index (χ1n) is 13.0. The zero-order valence-electron chi connectivity index (χ0n) is 23.4. The van der Waals surface area contributed by atoms with Crippen molar-refractivity contribution >= 4 is 28.8 Å². The number of aromatic nitrogens is 2. The van der Waals surface area contributed by atoms with E-state index < -0.39 is 23.1 Å². The van der Waals surface area contributed by atoms with Gasteiger partial charge in [-0.3, -0.25) is 14.9 Å². The van der Waals surface area contributed by atoms with Gasteiger partial charge in [0.15, 0.2) is 18.2 Å². The molecular weight excluding hydrogens is 528 g/mol. The molecule has 0 unspecified atom stereocenters. The summed E-state index contributed by atoms with van der Waals surface area (Å²) in [7, 11) is 1.61. The normalized spacial score (nSPS) is 11.3. The van der Waals surface area contributed by atoms with Crippen LogP contribution in [0.2, 0.25) is 0 Å². The average molecular weight is 559 g/mol. The fourth-order valence-electron chi connectivity index (χ4n) is 4.32. The molecular formula is C30H30N4O7. The van der Waals surface area contributed by atoms with Gasteiger partial charge in [0.2, 0.25) is 0 Å². The number of hydrogen-bond acceptors (Lipinski definition) is 9. The summed E-state index contributed by atoms with van der Waals surface area (Å²) in [6.07, 6.45) is 1.34. The first-order valence-corrected chi connectivity index (χ1v) is 13.0. The summed E-state index contributed by atoms with van der Waals surface area (Å²) in [4.78, 5) is 41.2. The number of aryl methyl sites for hydroxylation is 1. The molecule has 0 amide bonds. The lowest BCUT2D eigenvalue weighted by molar-refractivity contribution is -0.385. The van der Waals surface area contributed by atoms with Crippen LogP contribution in [-0.2, 0) is 9.53 Å². The first kappa shape index (κ1) is 28.9. The quantitative estimate of drug-likeness (QED) is 0.112. The Morgan fingerprint density at radius 3 is 2.59 bits per heavy atom. The number of carbonyl (C=O) groups is 1. The fraction of sp³-hybridized carbons (Fsp3) is 0.267. The number of methoxy groups -OCH3 is 1. The van der Waals surface area contributed by atoms with Crippen molar-refractivity contribution in [3.63, 3.8) is 0 Å². The topological polar surface area (TPSA) is 135 Å². The molecule has 0 fully saturated rings. The molecule has 11 nitrogen and oxygen atoms in total. The molecule has 3 aromatic carbocycles. The van der Waals surface area contributed by atoms with Crippen LogP contribution in [0.4, 0.5) is 5.69 Å². The van der Waals surface area contributed by atoms with Gasteiger partial charge >= 0.3 is 11.7 Å². The molecule has 0 spiro atoms. The number of nitro benzene ring substituents is 1. The Kier molecular flexibility index (Phi) is 8.76. The smallest absolute Gasteiger partial charge is 0.344 e. The standard InChI is InChI=1S/C30H30N4O7/c1-6-40-28(35)17-41-26-12-11-20(14-25(26)34(37)38)16-31-33-29(32-24-10-8-7-9-21(24)30(33)36)23-15-22(18(2)3)27(39-5)13-19(23)4/h7-16,18H,6,17H2,1-5H3. The third kappa shape index (κ3) is 6.24. The van der Waals surface area contributed by atoms with Gasteiger partial charge in [-0.2, -0.15) is 9.78 Å². The second-order valence-corrected chi connectivity index (χ2v) is 9.46. The van der Waals surface area contributed by atoms with Gasteiger partial charge in [-0.15, -0.1) is 0 Å². The second kappa shape index (κ2) is 12.4. The highest BCUT2D eigenvalue weighted by atomic mass is 16.6. The van der Waals surface area contributed by atoms with Gasteiger partial charge in [-0.1, -0.05) is 26.0 Å². The van der Waals surface area contributed by atoms with Gasteiger partial charge in [-0.25, -0.2) is 9.78 Å². The van der Waals surface area contributed by atoms with Crippen LogP contribution in [0.25, 0.3) is 22.3 Å². The number of nitrogens with zero attached hydrogens (tertiary/aromatic N) is 4. The molecule has 0 saturated carbocycles. The predicted molar refractivity (Wildman–Crippen MR) is 155 cm³/mol. The summed E-state index contributed by atoms with van der Waals surface area (Å²) in [5.41, 5.74) is 2.56. The minimum absolute atomic E-state index is 0.0968. The lowest BCUT2D eigenvalue weighted by Gasteiger charge is -2.17. The monoisotopic (exact) mass is 558 g/mol. The number of para-hydroxylation sites is 1. The Hall–Kier alpha value is -5.06. The second-order valence-electron chi connectivity index (χ2n) is 9.46. The van der Waals surface area contributed by atoms with Crippen molar-refractivity contribution in [1.29, 1.82) is 0 Å². The van der Waals surface area contributed by atoms with Crippen molar-refractivity contribution in [3.8, 4) is 22.9 Å². The van der Waals surface area contributed by atoms with Crippen molar-refractivity contribution in [3.05, 3.63) is 91.8 Å². The lowest BCUT2D eigenvalue weighted by Crippen LogP contribution is -2.21. The Morgan fingerprint density at radius 1 is 1.15 bits per heavy atom. The van der Waals surface area contributed by atoms with E-state index in [1.54, 1.807) is 38.3 Å². The number of nitro groups is 1. The highest BCUT2D eigenvalue weighted by Gasteiger charge is 2.20. The minimum Gasteiger partial charge on any atom is -0.496 e. The molecule has 0 aliphatic carbocycles. The van der Waals surface area contributed by atoms with E-state index in [1.807, 2.05) is 32.9 Å². The summed E-state index contributed by atoms with van der Waals surface area (Å²) >= 11 is 0. The molecule has 0 radical (unpaired) electrons. The SMILES string of the molecule is CCOC(=O)COc1ccc(C=Nn2c(-c3cc(C(C)C)c(OC)cc3C)nc3ccccc3c2=O)cc1[N+](=O)[O-]. The van der Waals surface area contributed by atoms with Gasteiger partial charge < -0.3 is 14.2 Å². The van der Waals surface area contributed by atoms with E-state index in [4.69, 9.17) is 19.2 Å². The maximum absolute atomic E-state index is 13.6. The third-order valence-corrected chi connectivity index (χ3v) is 6.35. The van der Waals surface area contributed by atoms with E-state index in [-0.39, 0.29) is 24.0 Å². The van der Waals surface area contributed by atoms with Crippen LogP contribution in [0.15, 0.2) is 64.5 Å². The highest BCUT2D eigenvalue weighted by Crippen LogP contribution is 2.34. The van der Waals surface area contributed by atoms with Crippen LogP contribution in [0, 0.1) is 17.0 Å². The predicted octanol–water partition coefficient (Wildman–Crippen LogP) is 5.24. The molecule has 4 aromatic rings. The zero-order valence-corrected chi connectivity index (χ0v) is 23.4. The van der Waals surface area contributed by atoms with Gasteiger partial charge in [0.1, 0.15) is 5.75 Å². The van der Waals surface area contributed by atoms with Crippen molar-refractivity contribution in [2.45, 2.75) is 33.6 Å². The molecule has 0 atom stereocenters. The molecule has 4 rings (SSSR count). The van der Waals surface area contributed by atoms with E-state index in [0.29, 0.717) is 27.9 Å². The number of rotatable bonds is 10. The first-order chi connectivity index (χ1) is 19.6.